The number of amides is 1. The molecule has 3 rings (SSSR count). The fourth-order valence-corrected chi connectivity index (χ4v) is 3.19. The van der Waals surface area contributed by atoms with Gasteiger partial charge in [-0.3, -0.25) is 0 Å². The van der Waals surface area contributed by atoms with Crippen LogP contribution in [0, 0.1) is 0 Å². The second-order valence-electron chi connectivity index (χ2n) is 6.87. The first-order valence-corrected chi connectivity index (χ1v) is 8.59. The Morgan fingerprint density at radius 1 is 1.39 bits per heavy atom. The third-order valence-electron chi connectivity index (χ3n) is 3.87. The molecule has 2 aromatic heterocycles. The van der Waals surface area contributed by atoms with Crippen LogP contribution in [-0.4, -0.2) is 44.2 Å². The Labute approximate surface area is 144 Å². The van der Waals surface area contributed by atoms with Gasteiger partial charge in [-0.15, -0.1) is 0 Å². The highest BCUT2D eigenvalue weighted by molar-refractivity contribution is 9.10. The van der Waals surface area contributed by atoms with Gasteiger partial charge in [-0.1, -0.05) is 0 Å². The largest absolute Gasteiger partial charge is 0.444 e. The molecule has 1 aliphatic rings. The summed E-state index contributed by atoms with van der Waals surface area (Å²) in [4.78, 5) is 22.7. The summed E-state index contributed by atoms with van der Waals surface area (Å²) in [6.07, 6.45) is 5.32. The molecule has 0 N–H and O–H groups in total. The van der Waals surface area contributed by atoms with E-state index in [0.29, 0.717) is 6.54 Å². The van der Waals surface area contributed by atoms with Gasteiger partial charge in [0.1, 0.15) is 15.7 Å². The van der Waals surface area contributed by atoms with Crippen molar-refractivity contribution in [3.05, 3.63) is 23.2 Å². The maximum Gasteiger partial charge on any atom is 0.410 e. The maximum atomic E-state index is 12.3. The standard InChI is InChI=1S/C16H21BrN4O2/c1-16(2,3)23-15(22)20-6-4-5-11(9-20)21-10-19-12-8-18-14(17)7-13(12)21/h7-8,10-11H,4-6,9H2,1-3H3/t11-/m1/s1. The summed E-state index contributed by atoms with van der Waals surface area (Å²) in [5.41, 5.74) is 1.42. The molecule has 0 bridgehead atoms. The van der Waals surface area contributed by atoms with E-state index < -0.39 is 5.60 Å². The topological polar surface area (TPSA) is 60.2 Å². The molecule has 6 nitrogen and oxygen atoms in total. The lowest BCUT2D eigenvalue weighted by atomic mass is 10.1. The monoisotopic (exact) mass is 380 g/mol. The SMILES string of the molecule is CC(C)(C)OC(=O)N1CCC[C@@H](n2cnc3cnc(Br)cc32)C1. The van der Waals surface area contributed by atoms with E-state index in [-0.39, 0.29) is 12.1 Å². The smallest absolute Gasteiger partial charge is 0.410 e. The summed E-state index contributed by atoms with van der Waals surface area (Å²) >= 11 is 3.41. The lowest BCUT2D eigenvalue weighted by Crippen LogP contribution is -2.43. The lowest BCUT2D eigenvalue weighted by molar-refractivity contribution is 0.0174. The van der Waals surface area contributed by atoms with Crippen molar-refractivity contribution in [2.75, 3.05) is 13.1 Å². The summed E-state index contributed by atoms with van der Waals surface area (Å²) in [6, 6.07) is 2.17. The van der Waals surface area contributed by atoms with Crippen molar-refractivity contribution in [2.24, 2.45) is 0 Å². The number of ether oxygens (including phenoxy) is 1. The molecule has 0 unspecified atom stereocenters. The molecule has 0 radical (unpaired) electrons. The van der Waals surface area contributed by atoms with Gasteiger partial charge in [0.25, 0.3) is 0 Å². The summed E-state index contributed by atoms with van der Waals surface area (Å²) in [7, 11) is 0. The molecule has 3 heterocycles. The van der Waals surface area contributed by atoms with Crippen LogP contribution in [0.5, 0.6) is 0 Å². The number of halogens is 1. The number of fused-ring (bicyclic) bond motifs is 1. The number of hydrogen-bond donors (Lipinski definition) is 0. The van der Waals surface area contributed by atoms with Crippen LogP contribution in [-0.2, 0) is 4.74 Å². The van der Waals surface area contributed by atoms with Gasteiger partial charge in [-0.2, -0.15) is 0 Å². The molecule has 0 spiro atoms. The molecular weight excluding hydrogens is 360 g/mol. The molecule has 23 heavy (non-hydrogen) atoms. The van der Waals surface area contributed by atoms with Gasteiger partial charge in [-0.25, -0.2) is 14.8 Å². The number of carbonyl (C=O) groups is 1. The van der Waals surface area contributed by atoms with Crippen LogP contribution in [0.25, 0.3) is 11.0 Å². The quantitative estimate of drug-likeness (QED) is 0.706. The Kier molecular flexibility index (Phi) is 4.31. The average Bonchev–Trinajstić information content (AvgIpc) is 2.88. The Bertz CT molecular complexity index is 722. The fraction of sp³-hybridized carbons (Fsp3) is 0.562. The lowest BCUT2D eigenvalue weighted by Gasteiger charge is -2.34. The zero-order chi connectivity index (χ0) is 16.6. The first kappa shape index (κ1) is 16.2. The highest BCUT2D eigenvalue weighted by Gasteiger charge is 2.29. The van der Waals surface area contributed by atoms with E-state index in [0.717, 1.165) is 35.0 Å². The Balaban J connectivity index is 1.80. The number of aromatic nitrogens is 3. The molecule has 1 saturated heterocycles. The summed E-state index contributed by atoms with van der Waals surface area (Å²) in [5, 5.41) is 0. The van der Waals surface area contributed by atoms with Crippen LogP contribution in [0.4, 0.5) is 4.79 Å². The Hall–Kier alpha value is -1.63. The summed E-state index contributed by atoms with van der Waals surface area (Å²) in [6.45, 7) is 7.05. The van der Waals surface area contributed by atoms with Gasteiger partial charge in [0.15, 0.2) is 0 Å². The first-order valence-electron chi connectivity index (χ1n) is 7.79. The molecule has 124 valence electrons. The van der Waals surface area contributed by atoms with Gasteiger partial charge in [-0.05, 0) is 55.6 Å². The molecular formula is C16H21BrN4O2. The molecule has 1 aliphatic heterocycles. The van der Waals surface area contributed by atoms with E-state index >= 15 is 0 Å². The van der Waals surface area contributed by atoms with Crippen molar-refractivity contribution in [3.63, 3.8) is 0 Å². The zero-order valence-electron chi connectivity index (χ0n) is 13.6. The van der Waals surface area contributed by atoms with Crippen molar-refractivity contribution < 1.29 is 9.53 Å². The van der Waals surface area contributed by atoms with Gasteiger partial charge in [0.05, 0.1) is 24.1 Å². The second-order valence-corrected chi connectivity index (χ2v) is 7.68. The number of pyridine rings is 1. The predicted molar refractivity (Wildman–Crippen MR) is 91.3 cm³/mol. The average molecular weight is 381 g/mol. The van der Waals surface area contributed by atoms with Crippen LogP contribution in [0.15, 0.2) is 23.2 Å². The molecule has 1 amide bonds. The normalized spacial score (nSPS) is 19.1. The second kappa shape index (κ2) is 6.11. The summed E-state index contributed by atoms with van der Waals surface area (Å²) in [5.74, 6) is 0. The van der Waals surface area contributed by atoms with E-state index in [4.69, 9.17) is 4.74 Å². The van der Waals surface area contributed by atoms with Crippen molar-refractivity contribution in [2.45, 2.75) is 45.3 Å². The molecule has 2 aromatic rings. The Morgan fingerprint density at radius 2 is 2.17 bits per heavy atom. The number of piperidine rings is 1. The molecule has 0 saturated carbocycles. The van der Waals surface area contributed by atoms with E-state index in [9.17, 15) is 4.79 Å². The van der Waals surface area contributed by atoms with Crippen molar-refractivity contribution in [1.82, 2.24) is 19.4 Å². The van der Waals surface area contributed by atoms with Gasteiger partial charge >= 0.3 is 6.09 Å². The van der Waals surface area contributed by atoms with Crippen molar-refractivity contribution in [1.29, 1.82) is 0 Å². The van der Waals surface area contributed by atoms with Crippen LogP contribution in [0.2, 0.25) is 0 Å². The van der Waals surface area contributed by atoms with Crippen molar-refractivity contribution in [3.8, 4) is 0 Å². The molecule has 1 fully saturated rings. The number of nitrogens with zero attached hydrogens (tertiary/aromatic N) is 4. The number of hydrogen-bond acceptors (Lipinski definition) is 4. The molecule has 0 aromatic carbocycles. The molecule has 7 heteroatoms. The third kappa shape index (κ3) is 3.65. The zero-order valence-corrected chi connectivity index (χ0v) is 15.2. The Morgan fingerprint density at radius 3 is 2.91 bits per heavy atom. The van der Waals surface area contributed by atoms with Gasteiger partial charge in [0.2, 0.25) is 0 Å². The fourth-order valence-electron chi connectivity index (χ4n) is 2.87. The van der Waals surface area contributed by atoms with Crippen LogP contribution in [0.1, 0.15) is 39.7 Å². The number of rotatable bonds is 1. The predicted octanol–water partition coefficient (Wildman–Crippen LogP) is 3.77. The molecule has 0 aliphatic carbocycles. The van der Waals surface area contributed by atoms with E-state index in [1.807, 2.05) is 33.2 Å². The minimum Gasteiger partial charge on any atom is -0.444 e. The van der Waals surface area contributed by atoms with Crippen molar-refractivity contribution >= 4 is 33.1 Å². The maximum absolute atomic E-state index is 12.3. The summed E-state index contributed by atoms with van der Waals surface area (Å²) < 4.78 is 8.42. The number of imidazole rings is 1. The van der Waals surface area contributed by atoms with E-state index in [1.165, 1.54) is 0 Å². The van der Waals surface area contributed by atoms with Gasteiger partial charge in [0, 0.05) is 13.1 Å². The van der Waals surface area contributed by atoms with Crippen LogP contribution in [0.3, 0.4) is 0 Å². The van der Waals surface area contributed by atoms with Crippen LogP contribution >= 0.6 is 15.9 Å². The van der Waals surface area contributed by atoms with Crippen LogP contribution < -0.4 is 0 Å². The minimum absolute atomic E-state index is 0.204. The van der Waals surface area contributed by atoms with E-state index in [2.05, 4.69) is 30.5 Å². The number of likely N-dealkylation sites (tertiary alicyclic amines) is 1. The number of carbonyl (C=O) groups excluding carboxylic acids is 1. The van der Waals surface area contributed by atoms with Gasteiger partial charge < -0.3 is 14.2 Å². The van der Waals surface area contributed by atoms with E-state index in [1.54, 1.807) is 11.1 Å². The highest BCUT2D eigenvalue weighted by atomic mass is 79.9. The molecule has 1 atom stereocenters. The minimum atomic E-state index is -0.470. The first-order chi connectivity index (χ1) is 10.8. The third-order valence-corrected chi connectivity index (χ3v) is 4.30. The highest BCUT2D eigenvalue weighted by Crippen LogP contribution is 2.27.